The Morgan fingerprint density at radius 3 is 2.45 bits per heavy atom. The van der Waals surface area contributed by atoms with Gasteiger partial charge < -0.3 is 9.84 Å². The molecule has 2 rings (SSSR count). The summed E-state index contributed by atoms with van der Waals surface area (Å²) in [6, 6.07) is 8.65. The van der Waals surface area contributed by atoms with E-state index in [-0.39, 0.29) is 17.9 Å². The van der Waals surface area contributed by atoms with Crippen LogP contribution in [0.5, 0.6) is 5.75 Å². The molecule has 2 aromatic rings. The summed E-state index contributed by atoms with van der Waals surface area (Å²) in [5.41, 5.74) is 0.652. The van der Waals surface area contributed by atoms with Gasteiger partial charge in [0.25, 0.3) is 5.69 Å². The Hall–Kier alpha value is -2.96. The number of carboxylic acid groups (broad SMARTS) is 1. The standard InChI is InChI=1S/C13H10N2O5/c16-13(17)9-1-2-10(14-7-9)8-20-12-5-3-11(4-6-12)15(18)19/h1-7H,8H2,(H,16,17). The van der Waals surface area contributed by atoms with Crippen molar-refractivity contribution in [3.63, 3.8) is 0 Å². The summed E-state index contributed by atoms with van der Waals surface area (Å²) < 4.78 is 5.39. The number of nitrogens with zero attached hydrogens (tertiary/aromatic N) is 2. The Bertz CT molecular complexity index is 565. The fourth-order valence-corrected chi connectivity index (χ4v) is 1.46. The molecule has 102 valence electrons. The zero-order valence-electron chi connectivity index (χ0n) is 10.2. The molecule has 0 unspecified atom stereocenters. The van der Waals surface area contributed by atoms with Crippen molar-refractivity contribution in [3.05, 3.63) is 64.0 Å². The summed E-state index contributed by atoms with van der Waals surface area (Å²) in [6.45, 7) is 0.151. The molecule has 0 atom stereocenters. The average Bonchev–Trinajstić information content (AvgIpc) is 2.46. The molecule has 1 heterocycles. The minimum Gasteiger partial charge on any atom is -0.487 e. The first-order valence-corrected chi connectivity index (χ1v) is 5.62. The number of nitro benzene ring substituents is 1. The van der Waals surface area contributed by atoms with Crippen LogP contribution >= 0.6 is 0 Å². The summed E-state index contributed by atoms with van der Waals surface area (Å²) in [6.07, 6.45) is 1.25. The number of aromatic carboxylic acids is 1. The minimum absolute atomic E-state index is 0.0127. The zero-order valence-corrected chi connectivity index (χ0v) is 10.2. The van der Waals surface area contributed by atoms with Crippen LogP contribution in [-0.2, 0) is 6.61 Å². The van der Waals surface area contributed by atoms with Crippen molar-refractivity contribution in [2.24, 2.45) is 0 Å². The Labute approximate surface area is 113 Å². The molecule has 20 heavy (non-hydrogen) atoms. The van der Waals surface area contributed by atoms with E-state index in [1.807, 2.05) is 0 Å². The first-order valence-electron chi connectivity index (χ1n) is 5.62. The molecule has 0 fully saturated rings. The molecule has 0 aliphatic heterocycles. The van der Waals surface area contributed by atoms with Crippen LogP contribution in [-0.4, -0.2) is 21.0 Å². The second-order valence-electron chi connectivity index (χ2n) is 3.88. The minimum atomic E-state index is -1.04. The number of pyridine rings is 1. The molecule has 0 spiro atoms. The predicted octanol–water partition coefficient (Wildman–Crippen LogP) is 2.27. The largest absolute Gasteiger partial charge is 0.487 e. The number of aromatic nitrogens is 1. The van der Waals surface area contributed by atoms with Crippen LogP contribution in [0.3, 0.4) is 0 Å². The van der Waals surface area contributed by atoms with E-state index >= 15 is 0 Å². The highest BCUT2D eigenvalue weighted by molar-refractivity contribution is 5.87. The maximum Gasteiger partial charge on any atom is 0.337 e. The fourth-order valence-electron chi connectivity index (χ4n) is 1.46. The highest BCUT2D eigenvalue weighted by Crippen LogP contribution is 2.18. The van der Waals surface area contributed by atoms with Gasteiger partial charge in [-0.15, -0.1) is 0 Å². The lowest BCUT2D eigenvalue weighted by molar-refractivity contribution is -0.384. The Morgan fingerprint density at radius 1 is 1.25 bits per heavy atom. The van der Waals surface area contributed by atoms with Crippen molar-refractivity contribution >= 4 is 11.7 Å². The van der Waals surface area contributed by atoms with Gasteiger partial charge in [-0.2, -0.15) is 0 Å². The number of rotatable bonds is 5. The third-order valence-electron chi connectivity index (χ3n) is 2.51. The maximum absolute atomic E-state index is 10.7. The summed E-state index contributed by atoms with van der Waals surface area (Å²) in [5, 5.41) is 19.2. The van der Waals surface area contributed by atoms with Crippen LogP contribution in [0.2, 0.25) is 0 Å². The van der Waals surface area contributed by atoms with Gasteiger partial charge in [0.15, 0.2) is 0 Å². The van der Waals surface area contributed by atoms with Crippen molar-refractivity contribution in [3.8, 4) is 5.75 Å². The summed E-state index contributed by atoms with van der Waals surface area (Å²) in [7, 11) is 0. The molecule has 0 radical (unpaired) electrons. The molecule has 0 bridgehead atoms. The zero-order chi connectivity index (χ0) is 14.5. The van der Waals surface area contributed by atoms with Crippen LogP contribution < -0.4 is 4.74 Å². The molecule has 0 aliphatic carbocycles. The van der Waals surface area contributed by atoms with Gasteiger partial charge in [0.05, 0.1) is 16.2 Å². The molecule has 7 heteroatoms. The molecule has 1 aromatic heterocycles. The molecule has 1 aromatic carbocycles. The molecule has 7 nitrogen and oxygen atoms in total. The number of hydrogen-bond acceptors (Lipinski definition) is 5. The van der Waals surface area contributed by atoms with Crippen LogP contribution in [0.25, 0.3) is 0 Å². The summed E-state index contributed by atoms with van der Waals surface area (Å²) in [4.78, 5) is 24.6. The lowest BCUT2D eigenvalue weighted by Crippen LogP contribution is -2.01. The number of hydrogen-bond donors (Lipinski definition) is 1. The number of non-ortho nitro benzene ring substituents is 1. The van der Waals surface area contributed by atoms with Crippen molar-refractivity contribution in [1.82, 2.24) is 4.98 Å². The second kappa shape index (κ2) is 5.79. The van der Waals surface area contributed by atoms with E-state index in [4.69, 9.17) is 9.84 Å². The summed E-state index contributed by atoms with van der Waals surface area (Å²) >= 11 is 0. The highest BCUT2D eigenvalue weighted by Gasteiger charge is 2.06. The van der Waals surface area contributed by atoms with E-state index in [1.54, 1.807) is 6.07 Å². The topological polar surface area (TPSA) is 103 Å². The van der Waals surface area contributed by atoms with Gasteiger partial charge in [0.1, 0.15) is 12.4 Å². The monoisotopic (exact) mass is 274 g/mol. The van der Waals surface area contributed by atoms with Crippen molar-refractivity contribution < 1.29 is 19.6 Å². The maximum atomic E-state index is 10.7. The first-order chi connectivity index (χ1) is 9.56. The van der Waals surface area contributed by atoms with E-state index in [0.717, 1.165) is 0 Å². The molecular formula is C13H10N2O5. The van der Waals surface area contributed by atoms with Crippen LogP contribution in [0.4, 0.5) is 5.69 Å². The number of carboxylic acids is 1. The normalized spacial score (nSPS) is 10.0. The van der Waals surface area contributed by atoms with E-state index in [0.29, 0.717) is 11.4 Å². The fraction of sp³-hybridized carbons (Fsp3) is 0.0769. The van der Waals surface area contributed by atoms with Crippen molar-refractivity contribution in [1.29, 1.82) is 0 Å². The molecular weight excluding hydrogens is 264 g/mol. The van der Waals surface area contributed by atoms with Crippen LogP contribution in [0, 0.1) is 10.1 Å². The van der Waals surface area contributed by atoms with Crippen LogP contribution in [0.1, 0.15) is 16.1 Å². The Kier molecular flexibility index (Phi) is 3.90. The Balaban J connectivity index is 1.97. The van der Waals surface area contributed by atoms with Crippen molar-refractivity contribution in [2.45, 2.75) is 6.61 Å². The molecule has 0 saturated heterocycles. The predicted molar refractivity (Wildman–Crippen MR) is 68.6 cm³/mol. The summed E-state index contributed by atoms with van der Waals surface area (Å²) in [5.74, 6) is -0.569. The van der Waals surface area contributed by atoms with Gasteiger partial charge in [-0.1, -0.05) is 0 Å². The molecule has 0 aliphatic rings. The van der Waals surface area contributed by atoms with Crippen LogP contribution in [0.15, 0.2) is 42.6 Å². The number of benzene rings is 1. The van der Waals surface area contributed by atoms with Gasteiger partial charge in [-0.3, -0.25) is 15.1 Å². The number of ether oxygens (including phenoxy) is 1. The molecule has 1 N–H and O–H groups in total. The Morgan fingerprint density at radius 2 is 1.95 bits per heavy atom. The van der Waals surface area contributed by atoms with Gasteiger partial charge in [-0.05, 0) is 24.3 Å². The second-order valence-corrected chi connectivity index (χ2v) is 3.88. The highest BCUT2D eigenvalue weighted by atomic mass is 16.6. The van der Waals surface area contributed by atoms with E-state index in [9.17, 15) is 14.9 Å². The SMILES string of the molecule is O=C(O)c1ccc(COc2ccc([N+](=O)[O-])cc2)nc1. The number of carbonyl (C=O) groups is 1. The lowest BCUT2D eigenvalue weighted by Gasteiger charge is -2.05. The molecule has 0 amide bonds. The number of nitro groups is 1. The average molecular weight is 274 g/mol. The first kappa shape index (κ1) is 13.5. The van der Waals surface area contributed by atoms with Gasteiger partial charge in [0.2, 0.25) is 0 Å². The third-order valence-corrected chi connectivity index (χ3v) is 2.51. The van der Waals surface area contributed by atoms with Gasteiger partial charge in [0, 0.05) is 18.3 Å². The third kappa shape index (κ3) is 3.29. The van der Waals surface area contributed by atoms with E-state index in [2.05, 4.69) is 4.98 Å². The van der Waals surface area contributed by atoms with E-state index in [1.165, 1.54) is 36.5 Å². The van der Waals surface area contributed by atoms with E-state index < -0.39 is 10.9 Å². The van der Waals surface area contributed by atoms with Crippen molar-refractivity contribution in [2.75, 3.05) is 0 Å². The smallest absolute Gasteiger partial charge is 0.337 e. The lowest BCUT2D eigenvalue weighted by atomic mass is 10.2. The van der Waals surface area contributed by atoms with Gasteiger partial charge in [-0.25, -0.2) is 4.79 Å². The van der Waals surface area contributed by atoms with Gasteiger partial charge >= 0.3 is 5.97 Å². The molecule has 0 saturated carbocycles. The quantitative estimate of drug-likeness (QED) is 0.662.